The van der Waals surface area contributed by atoms with Crippen LogP contribution in [0.4, 0.5) is 5.69 Å². The van der Waals surface area contributed by atoms with E-state index in [0.717, 1.165) is 29.7 Å². The largest absolute Gasteiger partial charge is 0.383 e. The summed E-state index contributed by atoms with van der Waals surface area (Å²) in [6.07, 6.45) is 5.42. The lowest BCUT2D eigenvalue weighted by molar-refractivity contribution is -0.118. The Morgan fingerprint density at radius 1 is 1.46 bits per heavy atom. The number of anilines is 1. The lowest BCUT2D eigenvalue weighted by atomic mass is 10.1. The number of amides is 1. The van der Waals surface area contributed by atoms with Crippen LogP contribution in [0, 0.1) is 18.3 Å². The Morgan fingerprint density at radius 3 is 2.89 bits per heavy atom. The molecule has 28 heavy (non-hydrogen) atoms. The van der Waals surface area contributed by atoms with Crippen LogP contribution in [0.15, 0.2) is 42.9 Å². The van der Waals surface area contributed by atoms with Gasteiger partial charge in [0, 0.05) is 24.6 Å². The number of carbonyl (C=O) groups is 1. The summed E-state index contributed by atoms with van der Waals surface area (Å²) in [5.41, 5.74) is 3.40. The molecule has 2 N–H and O–H groups in total. The molecular weight excluding hydrogens is 354 g/mol. The number of rotatable bonds is 10. The smallest absolute Gasteiger partial charge is 0.267 e. The van der Waals surface area contributed by atoms with Crippen molar-refractivity contribution >= 4 is 11.6 Å². The van der Waals surface area contributed by atoms with Gasteiger partial charge in [0.15, 0.2) is 0 Å². The minimum Gasteiger partial charge on any atom is -0.383 e. The van der Waals surface area contributed by atoms with Crippen LogP contribution in [0.3, 0.4) is 0 Å². The van der Waals surface area contributed by atoms with Crippen LogP contribution in [-0.2, 0) is 16.1 Å². The molecule has 0 bridgehead atoms. The molecule has 0 radical (unpaired) electrons. The summed E-state index contributed by atoms with van der Waals surface area (Å²) in [5, 5.41) is 19.4. The molecule has 0 saturated heterocycles. The van der Waals surface area contributed by atoms with E-state index in [-0.39, 0.29) is 17.6 Å². The molecule has 0 fully saturated rings. The number of nitrogens with zero attached hydrogens (tertiary/aromatic N) is 3. The Balaban J connectivity index is 2.04. The molecule has 1 atom stereocenters. The molecule has 0 spiro atoms. The fraction of sp³-hybridized carbons (Fsp3) is 0.381. The maximum Gasteiger partial charge on any atom is 0.267 e. The zero-order chi connectivity index (χ0) is 20.5. The molecule has 2 aromatic rings. The second kappa shape index (κ2) is 10.3. The molecule has 1 heterocycles. The highest BCUT2D eigenvalue weighted by molar-refractivity contribution is 5.96. The number of ether oxygens (including phenoxy) is 1. The van der Waals surface area contributed by atoms with Crippen molar-refractivity contribution in [2.24, 2.45) is 0 Å². The lowest BCUT2D eigenvalue weighted by Gasteiger charge is -2.19. The van der Waals surface area contributed by atoms with Gasteiger partial charge in [-0.3, -0.25) is 9.48 Å². The molecule has 7 nitrogen and oxygen atoms in total. The van der Waals surface area contributed by atoms with Gasteiger partial charge in [0.25, 0.3) is 5.91 Å². The first-order valence-electron chi connectivity index (χ1n) is 9.27. The fourth-order valence-corrected chi connectivity index (χ4v) is 2.82. The summed E-state index contributed by atoms with van der Waals surface area (Å²) in [4.78, 5) is 12.6. The molecule has 1 amide bonds. The number of aromatic nitrogens is 2. The first kappa shape index (κ1) is 21.2. The molecule has 0 aliphatic heterocycles. The van der Waals surface area contributed by atoms with E-state index in [1.165, 1.54) is 0 Å². The van der Waals surface area contributed by atoms with Gasteiger partial charge in [-0.2, -0.15) is 10.4 Å². The van der Waals surface area contributed by atoms with Gasteiger partial charge in [-0.1, -0.05) is 19.9 Å². The van der Waals surface area contributed by atoms with E-state index in [1.807, 2.05) is 13.1 Å². The summed E-state index contributed by atoms with van der Waals surface area (Å²) >= 11 is 0. The highest BCUT2D eigenvalue weighted by Gasteiger charge is 2.18. The summed E-state index contributed by atoms with van der Waals surface area (Å²) in [6, 6.07) is 7.20. The van der Waals surface area contributed by atoms with Crippen molar-refractivity contribution in [3.05, 3.63) is 59.6 Å². The first-order valence-corrected chi connectivity index (χ1v) is 9.27. The van der Waals surface area contributed by atoms with Crippen molar-refractivity contribution in [2.45, 2.75) is 39.3 Å². The summed E-state index contributed by atoms with van der Waals surface area (Å²) in [5.74, 6) is -0.271. The van der Waals surface area contributed by atoms with Crippen molar-refractivity contribution in [3.8, 4) is 6.07 Å². The predicted octanol–water partition coefficient (Wildman–Crippen LogP) is 3.29. The van der Waals surface area contributed by atoms with E-state index in [4.69, 9.17) is 10.00 Å². The first-order chi connectivity index (χ1) is 13.5. The molecule has 1 aromatic heterocycles. The van der Waals surface area contributed by atoms with Gasteiger partial charge >= 0.3 is 0 Å². The molecule has 0 aliphatic carbocycles. The molecule has 1 aromatic carbocycles. The Labute approximate surface area is 166 Å². The third kappa shape index (κ3) is 5.69. The van der Waals surface area contributed by atoms with E-state index in [2.05, 4.69) is 35.3 Å². The predicted molar refractivity (Wildman–Crippen MR) is 109 cm³/mol. The van der Waals surface area contributed by atoms with Crippen molar-refractivity contribution in [1.82, 2.24) is 15.1 Å². The Morgan fingerprint density at radius 2 is 2.25 bits per heavy atom. The number of methoxy groups -OCH3 is 1. The zero-order valence-electron chi connectivity index (χ0n) is 16.7. The second-order valence-electron chi connectivity index (χ2n) is 6.59. The summed E-state index contributed by atoms with van der Waals surface area (Å²) in [6.45, 7) is 9.05. The second-order valence-corrected chi connectivity index (χ2v) is 6.59. The van der Waals surface area contributed by atoms with Gasteiger partial charge in [-0.25, -0.2) is 0 Å². The number of aryl methyl sites for hydroxylation is 1. The number of carbonyl (C=O) groups excluding carboxylic acids is 1. The third-order valence-electron chi connectivity index (χ3n) is 4.38. The highest BCUT2D eigenvalue weighted by Crippen LogP contribution is 2.20. The molecule has 0 saturated carbocycles. The molecule has 7 heteroatoms. The maximum absolute atomic E-state index is 12.6. The number of nitriles is 1. The van der Waals surface area contributed by atoms with Crippen LogP contribution in [0.1, 0.15) is 42.5 Å². The number of benzene rings is 1. The van der Waals surface area contributed by atoms with E-state index in [0.29, 0.717) is 18.7 Å². The van der Waals surface area contributed by atoms with Crippen molar-refractivity contribution in [3.63, 3.8) is 0 Å². The zero-order valence-corrected chi connectivity index (χ0v) is 16.7. The molecule has 0 aliphatic rings. The van der Waals surface area contributed by atoms with Gasteiger partial charge in [0.2, 0.25) is 0 Å². The average Bonchev–Trinajstić information content (AvgIpc) is 3.16. The van der Waals surface area contributed by atoms with Crippen LogP contribution in [0.5, 0.6) is 0 Å². The minimum atomic E-state index is -0.271. The monoisotopic (exact) mass is 381 g/mol. The van der Waals surface area contributed by atoms with Gasteiger partial charge in [0.1, 0.15) is 0 Å². The van der Waals surface area contributed by atoms with Crippen molar-refractivity contribution in [2.75, 3.05) is 19.0 Å². The number of nitrogens with one attached hydrogen (secondary N) is 2. The summed E-state index contributed by atoms with van der Waals surface area (Å²) < 4.78 is 6.88. The molecule has 2 rings (SSSR count). The minimum absolute atomic E-state index is 0.144. The van der Waals surface area contributed by atoms with E-state index < -0.39 is 0 Å². The van der Waals surface area contributed by atoms with Crippen LogP contribution in [-0.4, -0.2) is 29.4 Å². The van der Waals surface area contributed by atoms with Gasteiger partial charge < -0.3 is 15.4 Å². The van der Waals surface area contributed by atoms with E-state index in [9.17, 15) is 4.79 Å². The van der Waals surface area contributed by atoms with Crippen molar-refractivity contribution in [1.29, 1.82) is 5.26 Å². The third-order valence-corrected chi connectivity index (χ3v) is 4.38. The number of hydrogen-bond donors (Lipinski definition) is 2. The number of hydrogen-bond acceptors (Lipinski definition) is 5. The normalized spacial score (nSPS) is 11.5. The topological polar surface area (TPSA) is 92.0 Å². The molecule has 148 valence electrons. The Kier molecular flexibility index (Phi) is 7.78. The van der Waals surface area contributed by atoms with Gasteiger partial charge in [0.05, 0.1) is 42.7 Å². The fourth-order valence-electron chi connectivity index (χ4n) is 2.82. The van der Waals surface area contributed by atoms with Crippen molar-refractivity contribution < 1.29 is 9.53 Å². The maximum atomic E-state index is 12.6. The van der Waals surface area contributed by atoms with Gasteiger partial charge in [-0.05, 0) is 37.1 Å². The standard InChI is InChI=1S/C21H27N5O2/c1-5-6-20(18-13-23-26(14-18)9-10-28-4)25-21(27)16(3)24-19-8-7-17(12-22)11-15(19)2/h7-8,11,13-14,20,24H,3,5-6,9-10H2,1-2,4H3,(H,25,27). The average molecular weight is 381 g/mol. The van der Waals surface area contributed by atoms with Crippen LogP contribution < -0.4 is 10.6 Å². The SMILES string of the molecule is C=C(Nc1ccc(C#N)cc1C)C(=O)NC(CCC)c1cnn(CCOC)c1. The lowest BCUT2D eigenvalue weighted by Crippen LogP contribution is -2.31. The Hall–Kier alpha value is -3.11. The molecular formula is C21H27N5O2. The highest BCUT2D eigenvalue weighted by atomic mass is 16.5. The van der Waals surface area contributed by atoms with Crippen LogP contribution in [0.2, 0.25) is 0 Å². The van der Waals surface area contributed by atoms with Crippen LogP contribution in [0.25, 0.3) is 0 Å². The van der Waals surface area contributed by atoms with Gasteiger partial charge in [-0.15, -0.1) is 0 Å². The Bertz CT molecular complexity index is 866. The van der Waals surface area contributed by atoms with E-state index >= 15 is 0 Å². The van der Waals surface area contributed by atoms with Crippen LogP contribution >= 0.6 is 0 Å². The summed E-state index contributed by atoms with van der Waals surface area (Å²) in [7, 11) is 1.65. The van der Waals surface area contributed by atoms with E-state index in [1.54, 1.807) is 36.2 Å². The molecule has 1 unspecified atom stereocenters. The quantitative estimate of drug-likeness (QED) is 0.616.